The van der Waals surface area contributed by atoms with Gasteiger partial charge in [0.2, 0.25) is 0 Å². The molecule has 2 aliphatic heterocycles. The number of carbonyl (C=O) groups is 1. The van der Waals surface area contributed by atoms with Crippen LogP contribution in [0.15, 0.2) is 30.6 Å². The van der Waals surface area contributed by atoms with Gasteiger partial charge in [0.1, 0.15) is 0 Å². The molecule has 2 aliphatic rings. The van der Waals surface area contributed by atoms with Gasteiger partial charge >= 0.3 is 12.2 Å². The number of anilines is 1. The van der Waals surface area contributed by atoms with Gasteiger partial charge < -0.3 is 9.80 Å². The molecule has 10 heteroatoms. The van der Waals surface area contributed by atoms with Gasteiger partial charge in [0.25, 0.3) is 0 Å². The fraction of sp³-hybridized carbons (Fsp3) is 0.500. The minimum absolute atomic E-state index is 0.383. The first-order chi connectivity index (χ1) is 14.3. The lowest BCUT2D eigenvalue weighted by atomic mass is 10.1. The summed E-state index contributed by atoms with van der Waals surface area (Å²) in [7, 11) is 0. The van der Waals surface area contributed by atoms with Crippen molar-refractivity contribution in [3.05, 3.63) is 47.5 Å². The second kappa shape index (κ2) is 8.25. The molecular formula is C20H23F4N5O. The van der Waals surface area contributed by atoms with Crippen molar-refractivity contribution in [2.45, 2.75) is 25.6 Å². The van der Waals surface area contributed by atoms with E-state index in [2.05, 4.69) is 10.00 Å². The van der Waals surface area contributed by atoms with E-state index in [1.807, 2.05) is 4.90 Å². The molecule has 0 aliphatic carbocycles. The Morgan fingerprint density at radius 3 is 2.33 bits per heavy atom. The van der Waals surface area contributed by atoms with Crippen LogP contribution >= 0.6 is 0 Å². The highest BCUT2D eigenvalue weighted by Gasteiger charge is 2.32. The smallest absolute Gasteiger partial charge is 0.371 e. The van der Waals surface area contributed by atoms with Crippen LogP contribution in [-0.2, 0) is 12.7 Å². The molecule has 0 spiro atoms. The summed E-state index contributed by atoms with van der Waals surface area (Å²) in [5.41, 5.74) is 0.877. The van der Waals surface area contributed by atoms with Gasteiger partial charge in [0.15, 0.2) is 5.82 Å². The van der Waals surface area contributed by atoms with Crippen LogP contribution in [0.5, 0.6) is 0 Å². The number of piperazine rings is 1. The van der Waals surface area contributed by atoms with Crippen molar-refractivity contribution in [2.24, 2.45) is 0 Å². The summed E-state index contributed by atoms with van der Waals surface area (Å²) in [5.74, 6) is -0.571. The second-order valence-electron chi connectivity index (χ2n) is 7.68. The van der Waals surface area contributed by atoms with Crippen LogP contribution in [0.25, 0.3) is 0 Å². The van der Waals surface area contributed by atoms with E-state index in [1.54, 1.807) is 11.0 Å². The molecule has 1 amide bonds. The Labute approximate surface area is 171 Å². The highest BCUT2D eigenvalue weighted by molar-refractivity contribution is 5.76. The number of amides is 1. The molecule has 4 rings (SSSR count). The van der Waals surface area contributed by atoms with Gasteiger partial charge in [-0.1, -0.05) is 6.07 Å². The molecule has 0 bridgehead atoms. The standard InChI is InChI=1S/C20H23F4N5O/c21-17-12-25-29(14-17)19(30)28-9-7-26(8-10-28)13-15-3-4-16(20(22,23)24)11-18(15)27-5-1-2-6-27/h3-4,11-12,14H,1-2,5-10,13H2. The molecule has 0 saturated carbocycles. The largest absolute Gasteiger partial charge is 0.416 e. The van der Waals surface area contributed by atoms with Crippen LogP contribution < -0.4 is 4.90 Å². The molecule has 1 aromatic carbocycles. The zero-order chi connectivity index (χ0) is 21.3. The first-order valence-corrected chi connectivity index (χ1v) is 9.98. The summed E-state index contributed by atoms with van der Waals surface area (Å²) in [6.45, 7) is 4.09. The summed E-state index contributed by atoms with van der Waals surface area (Å²) >= 11 is 0. The summed E-state index contributed by atoms with van der Waals surface area (Å²) in [5, 5.41) is 3.70. The van der Waals surface area contributed by atoms with Crippen molar-refractivity contribution < 1.29 is 22.4 Å². The molecule has 1 aromatic heterocycles. The third kappa shape index (κ3) is 4.43. The van der Waals surface area contributed by atoms with E-state index in [-0.39, 0.29) is 6.03 Å². The fourth-order valence-corrected chi connectivity index (χ4v) is 4.01. The van der Waals surface area contributed by atoms with E-state index >= 15 is 0 Å². The number of rotatable bonds is 3. The van der Waals surface area contributed by atoms with Crippen molar-refractivity contribution in [3.63, 3.8) is 0 Å². The number of benzene rings is 1. The molecule has 6 nitrogen and oxygen atoms in total. The van der Waals surface area contributed by atoms with Gasteiger partial charge in [-0.3, -0.25) is 4.90 Å². The molecule has 30 heavy (non-hydrogen) atoms. The van der Waals surface area contributed by atoms with Gasteiger partial charge in [-0.15, -0.1) is 0 Å². The highest BCUT2D eigenvalue weighted by atomic mass is 19.4. The molecule has 0 atom stereocenters. The quantitative estimate of drug-likeness (QED) is 0.707. The van der Waals surface area contributed by atoms with Crippen molar-refractivity contribution in [1.82, 2.24) is 19.6 Å². The number of hydrogen-bond acceptors (Lipinski definition) is 4. The van der Waals surface area contributed by atoms with E-state index in [4.69, 9.17) is 0 Å². The van der Waals surface area contributed by atoms with Crippen LogP contribution in [-0.4, -0.2) is 64.9 Å². The summed E-state index contributed by atoms with van der Waals surface area (Å²) in [4.78, 5) is 18.1. The maximum absolute atomic E-state index is 13.2. The van der Waals surface area contributed by atoms with Crippen LogP contribution in [0.4, 0.5) is 28.0 Å². The number of hydrogen-bond donors (Lipinski definition) is 0. The first-order valence-electron chi connectivity index (χ1n) is 9.98. The Bertz CT molecular complexity index is 899. The lowest BCUT2D eigenvalue weighted by molar-refractivity contribution is -0.137. The van der Waals surface area contributed by atoms with E-state index in [0.29, 0.717) is 38.4 Å². The SMILES string of the molecule is O=C(N1CCN(Cc2ccc(C(F)(F)F)cc2N2CCCC2)CC1)n1cc(F)cn1. The molecule has 0 N–H and O–H groups in total. The molecular weight excluding hydrogens is 402 g/mol. The second-order valence-corrected chi connectivity index (χ2v) is 7.68. The van der Waals surface area contributed by atoms with Crippen molar-refractivity contribution in [2.75, 3.05) is 44.2 Å². The third-order valence-corrected chi connectivity index (χ3v) is 5.64. The maximum atomic E-state index is 13.2. The summed E-state index contributed by atoms with van der Waals surface area (Å²) < 4.78 is 53.7. The molecule has 2 fully saturated rings. The molecule has 2 saturated heterocycles. The number of nitrogens with zero attached hydrogens (tertiary/aromatic N) is 5. The van der Waals surface area contributed by atoms with Crippen molar-refractivity contribution in [3.8, 4) is 0 Å². The van der Waals surface area contributed by atoms with E-state index in [0.717, 1.165) is 54.6 Å². The van der Waals surface area contributed by atoms with E-state index in [1.165, 1.54) is 6.07 Å². The number of alkyl halides is 3. The Morgan fingerprint density at radius 2 is 1.73 bits per heavy atom. The predicted octanol–water partition coefficient (Wildman–Crippen LogP) is 3.43. The lowest BCUT2D eigenvalue weighted by Crippen LogP contribution is -2.49. The van der Waals surface area contributed by atoms with Gasteiger partial charge in [-0.25, -0.2) is 9.18 Å². The van der Waals surface area contributed by atoms with Gasteiger partial charge in [-0.05, 0) is 30.5 Å². The zero-order valence-corrected chi connectivity index (χ0v) is 16.4. The van der Waals surface area contributed by atoms with Gasteiger partial charge in [0, 0.05) is 51.5 Å². The van der Waals surface area contributed by atoms with Crippen LogP contribution in [0, 0.1) is 5.82 Å². The molecule has 0 unspecified atom stereocenters. The Morgan fingerprint density at radius 1 is 1.03 bits per heavy atom. The molecule has 3 heterocycles. The lowest BCUT2D eigenvalue weighted by Gasteiger charge is -2.35. The Balaban J connectivity index is 1.44. The van der Waals surface area contributed by atoms with Crippen molar-refractivity contribution in [1.29, 1.82) is 0 Å². The number of halogens is 4. The average Bonchev–Trinajstić information content (AvgIpc) is 3.39. The first kappa shape index (κ1) is 20.6. The number of carbonyl (C=O) groups excluding carboxylic acids is 1. The topological polar surface area (TPSA) is 44.6 Å². The molecule has 0 radical (unpaired) electrons. The predicted molar refractivity (Wildman–Crippen MR) is 103 cm³/mol. The normalized spacial score (nSPS) is 18.3. The summed E-state index contributed by atoms with van der Waals surface area (Å²) in [6.07, 6.45) is -0.391. The van der Waals surface area contributed by atoms with Crippen LogP contribution in [0.2, 0.25) is 0 Å². The van der Waals surface area contributed by atoms with E-state index in [9.17, 15) is 22.4 Å². The minimum atomic E-state index is -4.37. The van der Waals surface area contributed by atoms with E-state index < -0.39 is 17.6 Å². The van der Waals surface area contributed by atoms with Crippen LogP contribution in [0.3, 0.4) is 0 Å². The Hall–Kier alpha value is -2.62. The zero-order valence-electron chi connectivity index (χ0n) is 16.4. The van der Waals surface area contributed by atoms with Gasteiger partial charge in [-0.2, -0.15) is 23.0 Å². The third-order valence-electron chi connectivity index (χ3n) is 5.64. The summed E-state index contributed by atoms with van der Waals surface area (Å²) in [6, 6.07) is 3.58. The maximum Gasteiger partial charge on any atom is 0.416 e. The average molecular weight is 425 g/mol. The Kier molecular flexibility index (Phi) is 5.68. The monoisotopic (exact) mass is 425 g/mol. The minimum Gasteiger partial charge on any atom is -0.371 e. The fourth-order valence-electron chi connectivity index (χ4n) is 4.01. The highest BCUT2D eigenvalue weighted by Crippen LogP contribution is 2.35. The van der Waals surface area contributed by atoms with Crippen LogP contribution in [0.1, 0.15) is 24.0 Å². The number of aromatic nitrogens is 2. The van der Waals surface area contributed by atoms with Gasteiger partial charge in [0.05, 0.1) is 18.0 Å². The molecule has 2 aromatic rings. The van der Waals surface area contributed by atoms with Crippen molar-refractivity contribution >= 4 is 11.7 Å². The molecule has 162 valence electrons.